The Morgan fingerprint density at radius 1 is 0.831 bits per heavy atom. The predicted molar refractivity (Wildman–Crippen MR) is 223 cm³/mol. The third-order valence-electron chi connectivity index (χ3n) is 11.6. The van der Waals surface area contributed by atoms with Crippen LogP contribution in [0.15, 0.2) is 78.9 Å². The number of H-pyrrole nitrogens is 1. The van der Waals surface area contributed by atoms with Gasteiger partial charge in [-0.05, 0) is 116 Å². The Balaban J connectivity index is 0.808. The fraction of sp³-hybridized carbons (Fsp3) is 0.341. The van der Waals surface area contributed by atoms with Crippen LogP contribution in [0.3, 0.4) is 0 Å². The third-order valence-corrected chi connectivity index (χ3v) is 11.6. The van der Waals surface area contributed by atoms with Crippen molar-refractivity contribution in [1.29, 1.82) is 0 Å². The number of aromatic amines is 1. The summed E-state index contributed by atoms with van der Waals surface area (Å²) >= 11 is 0. The summed E-state index contributed by atoms with van der Waals surface area (Å²) in [5.74, 6) is -1.24. The van der Waals surface area contributed by atoms with Crippen LogP contribution in [0.2, 0.25) is 0 Å². The number of rotatable bonds is 11. The number of piperazine rings is 1. The van der Waals surface area contributed by atoms with Gasteiger partial charge in [0.05, 0.1) is 17.6 Å². The molecule has 1 atom stereocenters. The highest BCUT2D eigenvalue weighted by molar-refractivity contribution is 6.11. The Morgan fingerprint density at radius 2 is 1.58 bits per heavy atom. The number of carbonyl (C=O) groups excluding carboxylic acids is 4. The largest absolute Gasteiger partial charge is 0.387 e. The van der Waals surface area contributed by atoms with Crippen LogP contribution in [0.1, 0.15) is 58.6 Å². The number of benzene rings is 4. The molecule has 1 unspecified atom stereocenters. The van der Waals surface area contributed by atoms with Crippen molar-refractivity contribution in [1.82, 2.24) is 25.3 Å². The van der Waals surface area contributed by atoms with Gasteiger partial charge in [-0.3, -0.25) is 34.5 Å². The van der Waals surface area contributed by atoms with Crippen molar-refractivity contribution in [3.8, 4) is 0 Å². The Bertz CT molecular complexity index is 2350. The van der Waals surface area contributed by atoms with E-state index >= 15 is 0 Å². The van der Waals surface area contributed by atoms with E-state index < -0.39 is 17.7 Å². The maximum atomic E-state index is 13.8. The van der Waals surface area contributed by atoms with Crippen LogP contribution in [-0.2, 0) is 20.8 Å². The van der Waals surface area contributed by atoms with Crippen molar-refractivity contribution in [2.75, 3.05) is 73.7 Å². The van der Waals surface area contributed by atoms with Crippen LogP contribution >= 0.6 is 0 Å². The quantitative estimate of drug-likeness (QED) is 0.109. The van der Waals surface area contributed by atoms with Crippen LogP contribution in [0.4, 0.5) is 31.7 Å². The third kappa shape index (κ3) is 9.20. The lowest BCUT2D eigenvalue weighted by Crippen LogP contribution is -2.52. The average molecular weight is 804 g/mol. The number of hydrogen-bond donors (Lipinski definition) is 5. The minimum Gasteiger partial charge on any atom is -0.387 e. The molecular formula is C44H47F2N9O4. The molecule has 4 aromatic carbocycles. The SMILES string of the molecule is CNc1cc(N2CCN(C(=O)CN3CCC(c4ccc(NC5CCC(=O)NC5=O)cc4)CC3)CC2)ccc1C(=O)Nc1n[nH]c2ccc(Cc3cc(F)cc(F)c3)cc12. The first-order valence-corrected chi connectivity index (χ1v) is 20.1. The average Bonchev–Trinajstić information content (AvgIpc) is 3.63. The number of nitrogens with one attached hydrogen (secondary N) is 5. The molecule has 1 aromatic heterocycles. The second-order valence-corrected chi connectivity index (χ2v) is 15.5. The number of likely N-dealkylation sites (tertiary alicyclic amines) is 1. The summed E-state index contributed by atoms with van der Waals surface area (Å²) < 4.78 is 27.6. The topological polar surface area (TPSA) is 155 Å². The zero-order valence-electron chi connectivity index (χ0n) is 32.8. The fourth-order valence-electron chi connectivity index (χ4n) is 8.34. The Morgan fingerprint density at radius 3 is 2.29 bits per heavy atom. The van der Waals surface area contributed by atoms with Crippen LogP contribution in [-0.4, -0.2) is 103 Å². The molecule has 3 aliphatic rings. The Hall–Kier alpha value is -6.35. The van der Waals surface area contributed by atoms with Crippen LogP contribution in [0, 0.1) is 11.6 Å². The highest BCUT2D eigenvalue weighted by atomic mass is 19.1. The molecule has 0 aliphatic carbocycles. The van der Waals surface area contributed by atoms with Gasteiger partial charge in [0.25, 0.3) is 5.91 Å². The van der Waals surface area contributed by atoms with E-state index in [2.05, 4.69) is 53.4 Å². The van der Waals surface area contributed by atoms with Crippen molar-refractivity contribution in [3.63, 3.8) is 0 Å². The van der Waals surface area contributed by atoms with Gasteiger partial charge in [-0.25, -0.2) is 8.78 Å². The number of halogens is 2. The summed E-state index contributed by atoms with van der Waals surface area (Å²) in [5, 5.41) is 19.6. The number of fused-ring (bicyclic) bond motifs is 1. The molecule has 0 bridgehead atoms. The zero-order chi connectivity index (χ0) is 41.0. The van der Waals surface area contributed by atoms with Crippen LogP contribution in [0.5, 0.6) is 0 Å². The molecule has 5 N–H and O–H groups in total. The van der Waals surface area contributed by atoms with Gasteiger partial charge in [0.1, 0.15) is 17.7 Å². The predicted octanol–water partition coefficient (Wildman–Crippen LogP) is 5.47. The van der Waals surface area contributed by atoms with Crippen LogP contribution in [0.25, 0.3) is 10.9 Å². The molecule has 4 heterocycles. The van der Waals surface area contributed by atoms with E-state index in [1.165, 1.54) is 17.7 Å². The highest BCUT2D eigenvalue weighted by Crippen LogP contribution is 2.31. The molecule has 8 rings (SSSR count). The fourth-order valence-corrected chi connectivity index (χ4v) is 8.34. The van der Waals surface area contributed by atoms with E-state index in [4.69, 9.17) is 0 Å². The molecule has 0 saturated carbocycles. The first kappa shape index (κ1) is 39.5. The maximum Gasteiger partial charge on any atom is 0.258 e. The molecule has 306 valence electrons. The summed E-state index contributed by atoms with van der Waals surface area (Å²) in [6, 6.07) is 22.4. The summed E-state index contributed by atoms with van der Waals surface area (Å²) in [6.45, 7) is 4.63. The number of hydrogen-bond acceptors (Lipinski definition) is 9. The summed E-state index contributed by atoms with van der Waals surface area (Å²) in [4.78, 5) is 56.9. The second kappa shape index (κ2) is 17.2. The minimum atomic E-state index is -0.634. The normalized spacial score (nSPS) is 17.8. The van der Waals surface area contributed by atoms with Gasteiger partial charge in [-0.2, -0.15) is 5.10 Å². The summed E-state index contributed by atoms with van der Waals surface area (Å²) in [5.41, 5.74) is 6.16. The van der Waals surface area contributed by atoms with Gasteiger partial charge < -0.3 is 25.8 Å². The van der Waals surface area contributed by atoms with Crippen LogP contribution < -0.4 is 26.2 Å². The van der Waals surface area contributed by atoms with Crippen molar-refractivity contribution in [2.24, 2.45) is 0 Å². The van der Waals surface area contributed by atoms with Gasteiger partial charge in [0.15, 0.2) is 5.82 Å². The number of aromatic nitrogens is 2. The number of amides is 4. The second-order valence-electron chi connectivity index (χ2n) is 15.5. The lowest BCUT2D eigenvalue weighted by atomic mass is 9.89. The van der Waals surface area contributed by atoms with Gasteiger partial charge in [0.2, 0.25) is 17.7 Å². The lowest BCUT2D eigenvalue weighted by Gasteiger charge is -2.38. The van der Waals surface area contributed by atoms with E-state index in [9.17, 15) is 28.0 Å². The number of anilines is 4. The van der Waals surface area contributed by atoms with E-state index in [0.29, 0.717) is 91.4 Å². The van der Waals surface area contributed by atoms with E-state index in [1.807, 2.05) is 47.4 Å². The summed E-state index contributed by atoms with van der Waals surface area (Å²) in [7, 11) is 1.76. The Labute approximate surface area is 340 Å². The summed E-state index contributed by atoms with van der Waals surface area (Å²) in [6.07, 6.45) is 3.05. The molecule has 4 amide bonds. The van der Waals surface area contributed by atoms with Gasteiger partial charge in [-0.1, -0.05) is 18.2 Å². The Kier molecular flexibility index (Phi) is 11.5. The minimum absolute atomic E-state index is 0.135. The standard InChI is InChI=1S/C44H47F2N9O4/c1-47-39-25-34(7-8-35(39)43(58)50-42-36-23-27(2-9-37(36)51-52-42)20-28-21-31(45)24-32(46)22-28)54-16-18-55(19-17-54)41(57)26-53-14-12-30(13-15-53)29-3-5-33(6-4-29)48-38-10-11-40(56)49-44(38)59/h2-9,21-25,30,38,47-48H,10-20,26H2,1H3,(H,49,56,59)(H2,50,51,52,58). The molecule has 3 aliphatic heterocycles. The van der Waals surface area contributed by atoms with E-state index in [-0.39, 0.29) is 23.6 Å². The molecule has 0 radical (unpaired) electrons. The number of piperidine rings is 2. The molecule has 5 aromatic rings. The zero-order valence-corrected chi connectivity index (χ0v) is 32.8. The number of nitrogens with zero attached hydrogens (tertiary/aromatic N) is 4. The highest BCUT2D eigenvalue weighted by Gasteiger charge is 2.28. The van der Waals surface area contributed by atoms with E-state index in [1.54, 1.807) is 13.1 Å². The monoisotopic (exact) mass is 803 g/mol. The van der Waals surface area contributed by atoms with Crippen molar-refractivity contribution in [3.05, 3.63) is 113 Å². The van der Waals surface area contributed by atoms with Gasteiger partial charge in [-0.15, -0.1) is 0 Å². The molecule has 15 heteroatoms. The van der Waals surface area contributed by atoms with Gasteiger partial charge in [0, 0.05) is 68.2 Å². The van der Waals surface area contributed by atoms with Gasteiger partial charge >= 0.3 is 0 Å². The van der Waals surface area contributed by atoms with Crippen molar-refractivity contribution >= 4 is 57.4 Å². The lowest BCUT2D eigenvalue weighted by molar-refractivity contribution is -0.134. The number of carbonyl (C=O) groups is 4. The molecule has 59 heavy (non-hydrogen) atoms. The maximum absolute atomic E-state index is 13.8. The van der Waals surface area contributed by atoms with Crippen molar-refractivity contribution in [2.45, 2.75) is 44.1 Å². The first-order valence-electron chi connectivity index (χ1n) is 20.1. The molecule has 3 fully saturated rings. The molecule has 13 nitrogen and oxygen atoms in total. The molecule has 0 spiro atoms. The van der Waals surface area contributed by atoms with E-state index in [0.717, 1.165) is 48.9 Å². The first-order chi connectivity index (χ1) is 28.6. The van der Waals surface area contributed by atoms with Crippen molar-refractivity contribution < 1.29 is 28.0 Å². The molecule has 3 saturated heterocycles. The molecular weight excluding hydrogens is 757 g/mol. The number of imide groups is 1. The smallest absolute Gasteiger partial charge is 0.258 e.